The summed E-state index contributed by atoms with van der Waals surface area (Å²) >= 11 is 6.44. The zero-order chi connectivity index (χ0) is 20.8. The monoisotopic (exact) mass is 412 g/mol. The summed E-state index contributed by atoms with van der Waals surface area (Å²) in [6, 6.07) is 16.5. The maximum absolute atomic E-state index is 12.7. The minimum Gasteiger partial charge on any atom is -0.494 e. The molecule has 3 rings (SSSR count). The SMILES string of the molecule is CCOc1ccccc1CNC(=O)c1nc(C(Cl)c2ccccc2)[nH]c(=O)c1N. The molecule has 3 aromatic rings. The number of carbonyl (C=O) groups is 1. The van der Waals surface area contributed by atoms with Crippen molar-refractivity contribution >= 4 is 23.2 Å². The summed E-state index contributed by atoms with van der Waals surface area (Å²) in [5, 5.41) is 2.00. The standard InChI is InChI=1S/C21H21ClN4O3/c1-2-29-15-11-7-6-10-14(15)12-24-21(28)18-17(23)20(27)26-19(25-18)16(22)13-8-4-3-5-9-13/h3-11,16H,2,12,23H2,1H3,(H,24,28)(H,25,26,27). The number of nitrogens with two attached hydrogens (primary N) is 1. The summed E-state index contributed by atoms with van der Waals surface area (Å²) < 4.78 is 5.55. The number of alkyl halides is 1. The zero-order valence-electron chi connectivity index (χ0n) is 15.8. The highest BCUT2D eigenvalue weighted by atomic mass is 35.5. The molecule has 29 heavy (non-hydrogen) atoms. The minimum absolute atomic E-state index is 0.150. The van der Waals surface area contributed by atoms with Gasteiger partial charge in [0.05, 0.1) is 6.61 Å². The predicted molar refractivity (Wildman–Crippen MR) is 112 cm³/mol. The first kappa shape index (κ1) is 20.4. The number of rotatable bonds is 7. The number of carbonyl (C=O) groups excluding carboxylic acids is 1. The first-order valence-electron chi connectivity index (χ1n) is 9.08. The third kappa shape index (κ3) is 4.75. The van der Waals surface area contributed by atoms with E-state index >= 15 is 0 Å². The summed E-state index contributed by atoms with van der Waals surface area (Å²) in [6.07, 6.45) is 0. The number of H-pyrrole nitrogens is 1. The lowest BCUT2D eigenvalue weighted by molar-refractivity contribution is 0.0946. The van der Waals surface area contributed by atoms with Crippen LogP contribution in [0.25, 0.3) is 0 Å². The summed E-state index contributed by atoms with van der Waals surface area (Å²) in [6.45, 7) is 2.59. The lowest BCUT2D eigenvalue weighted by atomic mass is 10.1. The molecule has 0 spiro atoms. The maximum Gasteiger partial charge on any atom is 0.274 e. The molecule has 0 radical (unpaired) electrons. The van der Waals surface area contributed by atoms with E-state index in [9.17, 15) is 9.59 Å². The molecule has 0 aliphatic carbocycles. The van der Waals surface area contributed by atoms with Crippen LogP contribution in [0.2, 0.25) is 0 Å². The van der Waals surface area contributed by atoms with Crippen LogP contribution in [0.1, 0.15) is 39.7 Å². The number of ether oxygens (including phenoxy) is 1. The van der Waals surface area contributed by atoms with Crippen LogP contribution in [-0.4, -0.2) is 22.5 Å². The maximum atomic E-state index is 12.7. The van der Waals surface area contributed by atoms with E-state index < -0.39 is 16.8 Å². The van der Waals surface area contributed by atoms with Gasteiger partial charge >= 0.3 is 0 Å². The number of hydrogen-bond donors (Lipinski definition) is 3. The van der Waals surface area contributed by atoms with Crippen molar-refractivity contribution in [2.24, 2.45) is 0 Å². The molecular formula is C21H21ClN4O3. The van der Waals surface area contributed by atoms with Gasteiger partial charge in [0.15, 0.2) is 5.69 Å². The number of para-hydroxylation sites is 1. The molecule has 1 unspecified atom stereocenters. The number of aromatic nitrogens is 2. The number of nitrogens with one attached hydrogen (secondary N) is 2. The molecule has 4 N–H and O–H groups in total. The van der Waals surface area contributed by atoms with Crippen LogP contribution in [-0.2, 0) is 6.54 Å². The molecule has 1 heterocycles. The van der Waals surface area contributed by atoms with E-state index in [1.54, 1.807) is 12.1 Å². The van der Waals surface area contributed by atoms with E-state index in [2.05, 4.69) is 15.3 Å². The fourth-order valence-electron chi connectivity index (χ4n) is 2.78. The Kier molecular flexibility index (Phi) is 6.51. The molecule has 7 nitrogen and oxygen atoms in total. The van der Waals surface area contributed by atoms with Gasteiger partial charge in [0.1, 0.15) is 22.6 Å². The Morgan fingerprint density at radius 3 is 2.62 bits per heavy atom. The molecule has 0 bridgehead atoms. The lowest BCUT2D eigenvalue weighted by Crippen LogP contribution is -2.29. The van der Waals surface area contributed by atoms with E-state index in [0.717, 1.165) is 11.1 Å². The molecular weight excluding hydrogens is 392 g/mol. The van der Waals surface area contributed by atoms with Crippen LogP contribution >= 0.6 is 11.6 Å². The van der Waals surface area contributed by atoms with Crippen molar-refractivity contribution < 1.29 is 9.53 Å². The Hall–Kier alpha value is -3.32. The second kappa shape index (κ2) is 9.25. The first-order chi connectivity index (χ1) is 14.0. The van der Waals surface area contributed by atoms with Crippen molar-refractivity contribution in [1.29, 1.82) is 0 Å². The molecule has 1 amide bonds. The van der Waals surface area contributed by atoms with Gasteiger partial charge in [0.25, 0.3) is 11.5 Å². The average molecular weight is 413 g/mol. The Labute approximate surface area is 172 Å². The molecule has 0 fully saturated rings. The van der Waals surface area contributed by atoms with Gasteiger partial charge in [-0.15, -0.1) is 11.6 Å². The number of nitrogens with zero attached hydrogens (tertiary/aromatic N) is 1. The number of benzene rings is 2. The Balaban J connectivity index is 1.84. The fourth-order valence-corrected chi connectivity index (χ4v) is 3.03. The summed E-state index contributed by atoms with van der Waals surface area (Å²) in [5.41, 5.74) is 6.29. The largest absolute Gasteiger partial charge is 0.494 e. The second-order valence-electron chi connectivity index (χ2n) is 6.21. The van der Waals surface area contributed by atoms with E-state index in [0.29, 0.717) is 12.4 Å². The van der Waals surface area contributed by atoms with Crippen molar-refractivity contribution in [1.82, 2.24) is 15.3 Å². The fraction of sp³-hybridized carbons (Fsp3) is 0.190. The number of amides is 1. The van der Waals surface area contributed by atoms with Crippen LogP contribution in [0, 0.1) is 0 Å². The molecule has 0 aliphatic heterocycles. The van der Waals surface area contributed by atoms with Gasteiger partial charge < -0.3 is 20.8 Å². The highest BCUT2D eigenvalue weighted by Gasteiger charge is 2.21. The summed E-state index contributed by atoms with van der Waals surface area (Å²) in [4.78, 5) is 31.7. The van der Waals surface area contributed by atoms with Crippen LogP contribution in [0.4, 0.5) is 5.69 Å². The third-order valence-electron chi connectivity index (χ3n) is 4.23. The summed E-state index contributed by atoms with van der Waals surface area (Å²) in [5.74, 6) is 0.253. The number of aromatic amines is 1. The van der Waals surface area contributed by atoms with E-state index in [4.69, 9.17) is 22.1 Å². The van der Waals surface area contributed by atoms with E-state index in [-0.39, 0.29) is 23.8 Å². The van der Waals surface area contributed by atoms with E-state index in [1.165, 1.54) is 0 Å². The predicted octanol–water partition coefficient (Wildman–Crippen LogP) is 3.01. The molecule has 2 aromatic carbocycles. The third-order valence-corrected chi connectivity index (χ3v) is 4.69. The highest BCUT2D eigenvalue weighted by molar-refractivity contribution is 6.22. The molecule has 150 valence electrons. The van der Waals surface area contributed by atoms with Crippen LogP contribution in [0.3, 0.4) is 0 Å². The average Bonchev–Trinajstić information content (AvgIpc) is 2.75. The van der Waals surface area contributed by atoms with Crippen LogP contribution in [0.15, 0.2) is 59.4 Å². The van der Waals surface area contributed by atoms with Gasteiger partial charge in [-0.3, -0.25) is 9.59 Å². The van der Waals surface area contributed by atoms with Gasteiger partial charge in [-0.2, -0.15) is 0 Å². The smallest absolute Gasteiger partial charge is 0.274 e. The molecule has 8 heteroatoms. The van der Waals surface area contributed by atoms with Crippen LogP contribution in [0.5, 0.6) is 5.75 Å². The number of anilines is 1. The lowest BCUT2D eigenvalue weighted by Gasteiger charge is -2.13. The number of hydrogen-bond acceptors (Lipinski definition) is 5. The number of nitrogen functional groups attached to an aromatic ring is 1. The number of halogens is 1. The van der Waals surface area contributed by atoms with Gasteiger partial charge in [0.2, 0.25) is 0 Å². The van der Waals surface area contributed by atoms with Crippen LogP contribution < -0.4 is 21.3 Å². The molecule has 0 saturated carbocycles. The molecule has 1 aromatic heterocycles. The molecule has 0 saturated heterocycles. The first-order valence-corrected chi connectivity index (χ1v) is 9.52. The topological polar surface area (TPSA) is 110 Å². The molecule has 0 aliphatic rings. The Morgan fingerprint density at radius 2 is 1.90 bits per heavy atom. The van der Waals surface area contributed by atoms with Gasteiger partial charge in [0, 0.05) is 12.1 Å². The van der Waals surface area contributed by atoms with Gasteiger partial charge in [-0.1, -0.05) is 48.5 Å². The Bertz CT molecular complexity index is 1050. The van der Waals surface area contributed by atoms with Crippen molar-refractivity contribution in [3.8, 4) is 5.75 Å². The molecule has 1 atom stereocenters. The van der Waals surface area contributed by atoms with Crippen molar-refractivity contribution in [2.45, 2.75) is 18.8 Å². The van der Waals surface area contributed by atoms with Crippen molar-refractivity contribution in [2.75, 3.05) is 12.3 Å². The Morgan fingerprint density at radius 1 is 1.21 bits per heavy atom. The highest BCUT2D eigenvalue weighted by Crippen LogP contribution is 2.25. The van der Waals surface area contributed by atoms with Gasteiger partial charge in [-0.25, -0.2) is 4.98 Å². The quantitative estimate of drug-likeness (QED) is 0.517. The second-order valence-corrected chi connectivity index (χ2v) is 6.65. The van der Waals surface area contributed by atoms with Crippen molar-refractivity contribution in [3.05, 3.63) is 87.6 Å². The minimum atomic E-state index is -0.727. The van der Waals surface area contributed by atoms with E-state index in [1.807, 2.05) is 49.4 Å². The van der Waals surface area contributed by atoms with Crippen molar-refractivity contribution in [3.63, 3.8) is 0 Å². The summed E-state index contributed by atoms with van der Waals surface area (Å²) in [7, 11) is 0. The normalized spacial score (nSPS) is 11.7. The van der Waals surface area contributed by atoms with Gasteiger partial charge in [-0.05, 0) is 18.6 Å². The zero-order valence-corrected chi connectivity index (χ0v) is 16.6.